The predicted molar refractivity (Wildman–Crippen MR) is 67.8 cm³/mol. The monoisotopic (exact) mass is 291 g/mol. The number of rotatable bonds is 3. The Morgan fingerprint density at radius 1 is 1.25 bits per heavy atom. The van der Waals surface area contributed by atoms with Gasteiger partial charge in [-0.25, -0.2) is 4.39 Å². The van der Waals surface area contributed by atoms with E-state index >= 15 is 0 Å². The fourth-order valence-electron chi connectivity index (χ4n) is 1.54. The first kappa shape index (κ1) is 16.6. The topological polar surface area (TPSA) is 43.1 Å². The van der Waals surface area contributed by atoms with Crippen molar-refractivity contribution in [2.75, 3.05) is 0 Å². The Morgan fingerprint density at radius 3 is 2.25 bits per heavy atom. The summed E-state index contributed by atoms with van der Waals surface area (Å²) in [5, 5.41) is 0. The minimum atomic E-state index is -4.83. The molecule has 2 nitrogen and oxygen atoms in total. The molecule has 0 aliphatic heterocycles. The van der Waals surface area contributed by atoms with Crippen LogP contribution in [0.5, 0.6) is 0 Å². The summed E-state index contributed by atoms with van der Waals surface area (Å²) < 4.78 is 50.8. The molecule has 6 heteroatoms. The largest absolute Gasteiger partial charge is 0.419 e. The number of Topliss-reactive ketones (excluding diaryl/α,β-unsaturated/α-hetero) is 1. The minimum Gasteiger partial charge on any atom is -0.327 e. The zero-order valence-corrected chi connectivity index (χ0v) is 11.5. The number of benzene rings is 1. The Hall–Kier alpha value is -1.43. The van der Waals surface area contributed by atoms with Gasteiger partial charge in [0, 0.05) is 18.0 Å². The van der Waals surface area contributed by atoms with Crippen LogP contribution in [0.4, 0.5) is 17.6 Å². The molecule has 1 atom stereocenters. The Kier molecular flexibility index (Phi) is 4.59. The van der Waals surface area contributed by atoms with Crippen molar-refractivity contribution in [3.8, 4) is 0 Å². The molecule has 1 aromatic carbocycles. The lowest BCUT2D eigenvalue weighted by Crippen LogP contribution is -2.37. The number of hydrogen-bond donors (Lipinski definition) is 1. The fraction of sp³-hybridized carbons (Fsp3) is 0.500. The van der Waals surface area contributed by atoms with Crippen LogP contribution in [-0.2, 0) is 6.18 Å². The second-order valence-electron chi connectivity index (χ2n) is 5.79. The van der Waals surface area contributed by atoms with Gasteiger partial charge in [0.1, 0.15) is 5.82 Å². The molecule has 0 aliphatic rings. The molecule has 0 saturated carbocycles. The van der Waals surface area contributed by atoms with E-state index in [0.29, 0.717) is 12.1 Å². The van der Waals surface area contributed by atoms with Gasteiger partial charge in [-0.3, -0.25) is 4.79 Å². The molecule has 2 N–H and O–H groups in total. The smallest absolute Gasteiger partial charge is 0.327 e. The summed E-state index contributed by atoms with van der Waals surface area (Å²) in [6.45, 7) is 5.49. The van der Waals surface area contributed by atoms with Gasteiger partial charge in [0.25, 0.3) is 0 Å². The van der Waals surface area contributed by atoms with Crippen LogP contribution < -0.4 is 5.73 Å². The average molecular weight is 291 g/mol. The van der Waals surface area contributed by atoms with Crippen molar-refractivity contribution in [1.29, 1.82) is 0 Å². The highest BCUT2D eigenvalue weighted by Gasteiger charge is 2.35. The maximum atomic E-state index is 13.1. The van der Waals surface area contributed by atoms with E-state index in [4.69, 9.17) is 5.73 Å². The van der Waals surface area contributed by atoms with Crippen molar-refractivity contribution in [2.45, 2.75) is 39.4 Å². The summed E-state index contributed by atoms with van der Waals surface area (Å²) >= 11 is 0. The van der Waals surface area contributed by atoms with Crippen LogP contribution >= 0.6 is 0 Å². The van der Waals surface area contributed by atoms with Crippen LogP contribution in [-0.4, -0.2) is 11.8 Å². The van der Waals surface area contributed by atoms with Crippen molar-refractivity contribution >= 4 is 5.78 Å². The third-order valence-corrected chi connectivity index (χ3v) is 3.11. The Labute approximate surface area is 115 Å². The summed E-state index contributed by atoms with van der Waals surface area (Å²) in [4.78, 5) is 11.9. The van der Waals surface area contributed by atoms with E-state index < -0.39 is 29.4 Å². The molecular weight excluding hydrogens is 274 g/mol. The molecule has 0 radical (unpaired) electrons. The second-order valence-corrected chi connectivity index (χ2v) is 5.79. The number of alkyl halides is 3. The van der Waals surface area contributed by atoms with Crippen LogP contribution in [0.3, 0.4) is 0 Å². The second kappa shape index (κ2) is 5.52. The first-order chi connectivity index (χ1) is 8.93. The molecule has 20 heavy (non-hydrogen) atoms. The molecule has 112 valence electrons. The van der Waals surface area contributed by atoms with Crippen molar-refractivity contribution in [2.24, 2.45) is 11.1 Å². The minimum absolute atomic E-state index is 0.0908. The zero-order chi connectivity index (χ0) is 15.7. The third kappa shape index (κ3) is 4.03. The van der Waals surface area contributed by atoms with Crippen molar-refractivity contribution in [3.63, 3.8) is 0 Å². The summed E-state index contributed by atoms with van der Waals surface area (Å²) in [5.74, 6) is -1.92. The molecule has 0 aromatic heterocycles. The van der Waals surface area contributed by atoms with Gasteiger partial charge in [-0.05, 0) is 23.6 Å². The van der Waals surface area contributed by atoms with Crippen molar-refractivity contribution in [1.82, 2.24) is 0 Å². The lowest BCUT2D eigenvalue weighted by molar-refractivity contribution is -0.140. The van der Waals surface area contributed by atoms with Crippen LogP contribution in [0.15, 0.2) is 18.2 Å². The third-order valence-electron chi connectivity index (χ3n) is 3.11. The lowest BCUT2D eigenvalue weighted by Gasteiger charge is -2.26. The average Bonchev–Trinajstić information content (AvgIpc) is 2.26. The Bertz CT molecular complexity index is 503. The SMILES string of the molecule is CC(C)(C)C(N)CC(=O)c1ccc(F)c(C(F)(F)F)c1. The van der Waals surface area contributed by atoms with Gasteiger partial charge >= 0.3 is 6.18 Å². The standard InChI is InChI=1S/C14H17F4NO/c1-13(2,3)12(19)7-11(20)8-4-5-10(15)9(6-8)14(16,17)18/h4-6,12H,7,19H2,1-3H3. The molecule has 1 unspecified atom stereocenters. The van der Waals surface area contributed by atoms with E-state index in [1.807, 2.05) is 20.8 Å². The van der Waals surface area contributed by atoms with Gasteiger partial charge in [0.2, 0.25) is 0 Å². The first-order valence-electron chi connectivity index (χ1n) is 6.08. The van der Waals surface area contributed by atoms with Gasteiger partial charge in [0.15, 0.2) is 5.78 Å². The molecule has 0 heterocycles. The van der Waals surface area contributed by atoms with Crippen LogP contribution in [0.2, 0.25) is 0 Å². The molecule has 0 amide bonds. The van der Waals surface area contributed by atoms with E-state index in [9.17, 15) is 22.4 Å². The van der Waals surface area contributed by atoms with Gasteiger partial charge in [-0.2, -0.15) is 13.2 Å². The molecular formula is C14H17F4NO. The quantitative estimate of drug-likeness (QED) is 0.680. The summed E-state index contributed by atoms with van der Waals surface area (Å²) in [6, 6.07) is 1.74. The highest BCUT2D eigenvalue weighted by atomic mass is 19.4. The lowest BCUT2D eigenvalue weighted by atomic mass is 9.83. The molecule has 0 aliphatic carbocycles. The number of hydrogen-bond acceptors (Lipinski definition) is 2. The molecule has 0 bridgehead atoms. The van der Waals surface area contributed by atoms with E-state index in [1.54, 1.807) is 0 Å². The van der Waals surface area contributed by atoms with Crippen molar-refractivity contribution in [3.05, 3.63) is 35.1 Å². The highest BCUT2D eigenvalue weighted by molar-refractivity contribution is 5.96. The maximum absolute atomic E-state index is 13.1. The normalized spacial score (nSPS) is 14.2. The van der Waals surface area contributed by atoms with E-state index in [-0.39, 0.29) is 17.4 Å². The maximum Gasteiger partial charge on any atom is 0.419 e. The number of halogens is 4. The Balaban J connectivity index is 3.01. The van der Waals surface area contributed by atoms with Crippen LogP contribution in [0.25, 0.3) is 0 Å². The van der Waals surface area contributed by atoms with E-state index in [2.05, 4.69) is 0 Å². The number of ketones is 1. The summed E-state index contributed by atoms with van der Waals surface area (Å²) in [6.07, 6.45) is -4.92. The zero-order valence-electron chi connectivity index (χ0n) is 11.5. The fourth-order valence-corrected chi connectivity index (χ4v) is 1.54. The number of nitrogens with two attached hydrogens (primary N) is 1. The number of carbonyl (C=O) groups is 1. The number of carbonyl (C=O) groups excluding carboxylic acids is 1. The van der Waals surface area contributed by atoms with E-state index in [1.165, 1.54) is 0 Å². The van der Waals surface area contributed by atoms with Crippen molar-refractivity contribution < 1.29 is 22.4 Å². The predicted octanol–water partition coefficient (Wildman–Crippen LogP) is 3.79. The molecule has 0 saturated heterocycles. The first-order valence-corrected chi connectivity index (χ1v) is 6.08. The molecule has 1 aromatic rings. The summed E-state index contributed by atoms with van der Waals surface area (Å²) in [7, 11) is 0. The molecule has 0 spiro atoms. The van der Waals surface area contributed by atoms with Gasteiger partial charge < -0.3 is 5.73 Å². The van der Waals surface area contributed by atoms with Crippen LogP contribution in [0.1, 0.15) is 43.1 Å². The Morgan fingerprint density at radius 2 is 1.80 bits per heavy atom. The summed E-state index contributed by atoms with van der Waals surface area (Å²) in [5.41, 5.74) is 3.86. The van der Waals surface area contributed by atoms with Gasteiger partial charge in [-0.15, -0.1) is 0 Å². The van der Waals surface area contributed by atoms with Gasteiger partial charge in [0.05, 0.1) is 5.56 Å². The highest BCUT2D eigenvalue weighted by Crippen LogP contribution is 2.32. The van der Waals surface area contributed by atoms with Crippen LogP contribution in [0, 0.1) is 11.2 Å². The molecule has 0 fully saturated rings. The van der Waals surface area contributed by atoms with Gasteiger partial charge in [-0.1, -0.05) is 20.8 Å². The van der Waals surface area contributed by atoms with E-state index in [0.717, 1.165) is 6.07 Å². The molecule has 1 rings (SSSR count).